The quantitative estimate of drug-likeness (QED) is 0.297. The van der Waals surface area contributed by atoms with Crippen LogP contribution in [-0.4, -0.2) is 27.9 Å². The second-order valence-electron chi connectivity index (χ2n) is 5.68. The Morgan fingerprint density at radius 2 is 2.05 bits per heavy atom. The molecule has 0 fully saturated rings. The van der Waals surface area contributed by atoms with Gasteiger partial charge in [-0.3, -0.25) is 0 Å². The molecule has 1 atom stereocenters. The Morgan fingerprint density at radius 3 is 2.68 bits per heavy atom. The molecule has 4 nitrogen and oxygen atoms in total. The van der Waals surface area contributed by atoms with Gasteiger partial charge in [0.25, 0.3) is 0 Å². The van der Waals surface area contributed by atoms with Crippen LogP contribution in [0.4, 0.5) is 0 Å². The summed E-state index contributed by atoms with van der Waals surface area (Å²) in [4.78, 5) is 0. The van der Waals surface area contributed by atoms with Gasteiger partial charge in [-0.15, -0.1) is 0 Å². The van der Waals surface area contributed by atoms with Crippen LogP contribution < -0.4 is 0 Å². The Balaban J connectivity index is 2.13. The minimum atomic E-state index is -0.342. The molecule has 0 spiro atoms. The molecule has 1 aromatic rings. The molecule has 0 saturated heterocycles. The van der Waals surface area contributed by atoms with Crippen LogP contribution in [0.25, 0.3) is 0 Å². The molecule has 0 aliphatic carbocycles. The third-order valence-corrected chi connectivity index (χ3v) is 3.80. The molecule has 0 saturated carbocycles. The van der Waals surface area contributed by atoms with Crippen molar-refractivity contribution in [3.8, 4) is 0 Å². The predicted octanol–water partition coefficient (Wildman–Crippen LogP) is 2.83. The van der Waals surface area contributed by atoms with Gasteiger partial charge in [0.2, 0.25) is 6.04 Å². The molecule has 1 aliphatic heterocycles. The lowest BCUT2D eigenvalue weighted by Crippen LogP contribution is -2.23. The first kappa shape index (κ1) is 13.6. The zero-order valence-electron chi connectivity index (χ0n) is 11.4. The lowest BCUT2D eigenvalue weighted by molar-refractivity contribution is -0.471. The number of hydrogen-bond donors (Lipinski definition) is 1. The number of benzene rings is 1. The van der Waals surface area contributed by atoms with Crippen molar-refractivity contribution in [3.63, 3.8) is 0 Å². The highest BCUT2D eigenvalue weighted by atomic mass is 16.5. The van der Waals surface area contributed by atoms with Crippen molar-refractivity contribution in [1.29, 1.82) is 0 Å². The van der Waals surface area contributed by atoms with Gasteiger partial charge in [-0.25, -0.2) is 4.74 Å². The lowest BCUT2D eigenvalue weighted by atomic mass is 9.82. The maximum absolute atomic E-state index is 12.2. The summed E-state index contributed by atoms with van der Waals surface area (Å²) in [7, 11) is 0. The van der Waals surface area contributed by atoms with Gasteiger partial charge >= 0.3 is 0 Å². The number of hydrogen-bond acceptors (Lipinski definition) is 3. The highest BCUT2D eigenvalue weighted by molar-refractivity contribution is 5.88. The fourth-order valence-corrected chi connectivity index (χ4v) is 2.77. The average Bonchev–Trinajstić information content (AvgIpc) is 2.59. The third-order valence-electron chi connectivity index (χ3n) is 3.80. The topological polar surface area (TPSA) is 58.7 Å². The Labute approximate surface area is 113 Å². The second-order valence-corrected chi connectivity index (χ2v) is 5.68. The van der Waals surface area contributed by atoms with E-state index in [1.807, 2.05) is 18.2 Å². The summed E-state index contributed by atoms with van der Waals surface area (Å²) in [6, 6.07) is 9.82. The predicted molar refractivity (Wildman–Crippen MR) is 75.9 cm³/mol. The average molecular weight is 260 g/mol. The van der Waals surface area contributed by atoms with Gasteiger partial charge in [0, 0.05) is 12.8 Å². The van der Waals surface area contributed by atoms with Gasteiger partial charge in [0.1, 0.15) is 6.21 Å². The summed E-state index contributed by atoms with van der Waals surface area (Å²) in [6.45, 7) is 4.15. The summed E-state index contributed by atoms with van der Waals surface area (Å²) in [5, 5.41) is 23.8. The fraction of sp³-hybridized carbons (Fsp3) is 0.467. The van der Waals surface area contributed by atoms with Gasteiger partial charge < -0.3 is 10.4 Å². The van der Waals surface area contributed by atoms with E-state index in [1.165, 1.54) is 11.8 Å². The van der Waals surface area contributed by atoms with E-state index in [1.54, 1.807) is 0 Å². The summed E-state index contributed by atoms with van der Waals surface area (Å²) >= 11 is 0. The highest BCUT2D eigenvalue weighted by Crippen LogP contribution is 2.33. The number of aryl methyl sites for hydroxylation is 1. The summed E-state index contributed by atoms with van der Waals surface area (Å²) in [6.07, 6.45) is 3.63. The molecule has 102 valence electrons. The minimum absolute atomic E-state index is 0.137. The van der Waals surface area contributed by atoms with Crippen LogP contribution in [0.1, 0.15) is 32.3 Å². The molecule has 0 aromatic heterocycles. The van der Waals surface area contributed by atoms with Crippen LogP contribution in [0.2, 0.25) is 0 Å². The van der Waals surface area contributed by atoms with Crippen molar-refractivity contribution < 1.29 is 9.95 Å². The van der Waals surface area contributed by atoms with E-state index in [2.05, 4.69) is 31.1 Å². The van der Waals surface area contributed by atoms with Gasteiger partial charge in [-0.2, -0.15) is 0 Å². The normalized spacial score (nSPS) is 22.3. The van der Waals surface area contributed by atoms with Crippen LogP contribution in [-0.2, 0) is 6.42 Å². The lowest BCUT2D eigenvalue weighted by Gasteiger charge is -2.15. The second kappa shape index (κ2) is 5.43. The smallest absolute Gasteiger partial charge is 0.202 e. The molecule has 0 bridgehead atoms. The number of oxime groups is 1. The third kappa shape index (κ3) is 2.95. The Hall–Kier alpha value is -1.84. The maximum atomic E-state index is 12.2. The first-order valence-corrected chi connectivity index (χ1v) is 6.59. The van der Waals surface area contributed by atoms with Crippen LogP contribution in [0.3, 0.4) is 0 Å². The highest BCUT2D eigenvalue weighted by Gasteiger charge is 2.43. The fourth-order valence-electron chi connectivity index (χ4n) is 2.77. The van der Waals surface area contributed by atoms with Crippen molar-refractivity contribution in [2.24, 2.45) is 10.6 Å². The Morgan fingerprint density at radius 1 is 1.37 bits per heavy atom. The number of rotatable bonds is 4. The zero-order valence-corrected chi connectivity index (χ0v) is 11.4. The molecular formula is C15H20N2O2. The molecule has 1 aromatic carbocycles. The molecule has 0 radical (unpaired) electrons. The molecule has 2 rings (SSSR count). The Bertz CT molecular complexity index is 492. The van der Waals surface area contributed by atoms with Crippen LogP contribution >= 0.6 is 0 Å². The van der Waals surface area contributed by atoms with Crippen molar-refractivity contribution in [3.05, 3.63) is 41.1 Å². The van der Waals surface area contributed by atoms with Crippen molar-refractivity contribution in [2.45, 2.75) is 39.2 Å². The van der Waals surface area contributed by atoms with E-state index >= 15 is 0 Å². The number of hydroxylamine groups is 1. The zero-order chi connectivity index (χ0) is 13.9. The molecular weight excluding hydrogens is 240 g/mol. The summed E-state index contributed by atoms with van der Waals surface area (Å²) < 4.78 is 1.02. The maximum Gasteiger partial charge on any atom is 0.202 e. The van der Waals surface area contributed by atoms with Crippen LogP contribution in [0.15, 0.2) is 35.5 Å². The van der Waals surface area contributed by atoms with E-state index in [-0.39, 0.29) is 11.5 Å². The minimum Gasteiger partial charge on any atom is -0.623 e. The van der Waals surface area contributed by atoms with Crippen molar-refractivity contribution in [1.82, 2.24) is 0 Å². The van der Waals surface area contributed by atoms with Crippen molar-refractivity contribution >= 4 is 11.9 Å². The largest absolute Gasteiger partial charge is 0.623 e. The molecule has 1 aliphatic rings. The van der Waals surface area contributed by atoms with E-state index < -0.39 is 0 Å². The van der Waals surface area contributed by atoms with Gasteiger partial charge in [-0.05, 0) is 12.0 Å². The standard InChI is InChI=1S/C15H20N2O2/c1-15(2)10-13(11-16-18)17(19)14(15)9-8-12-6-4-3-5-7-12/h3-7,11,13,18H,8-10H2,1-2H3/t13-/m1/s1. The van der Waals surface area contributed by atoms with Gasteiger partial charge in [0.05, 0.1) is 5.41 Å². The molecule has 4 heteroatoms. The van der Waals surface area contributed by atoms with Gasteiger partial charge in [0.15, 0.2) is 5.71 Å². The van der Waals surface area contributed by atoms with Crippen LogP contribution in [0.5, 0.6) is 0 Å². The first-order chi connectivity index (χ1) is 9.04. The first-order valence-electron chi connectivity index (χ1n) is 6.59. The Kier molecular flexibility index (Phi) is 3.88. The summed E-state index contributed by atoms with van der Waals surface area (Å²) in [5.74, 6) is 0. The van der Waals surface area contributed by atoms with E-state index in [9.17, 15) is 5.21 Å². The molecule has 19 heavy (non-hydrogen) atoms. The monoisotopic (exact) mass is 260 g/mol. The van der Waals surface area contributed by atoms with E-state index in [4.69, 9.17) is 5.21 Å². The van der Waals surface area contributed by atoms with Gasteiger partial charge in [-0.1, -0.05) is 49.3 Å². The molecule has 1 N–H and O–H groups in total. The van der Waals surface area contributed by atoms with E-state index in [0.717, 1.165) is 23.3 Å². The van der Waals surface area contributed by atoms with Crippen molar-refractivity contribution in [2.75, 3.05) is 0 Å². The molecule has 1 heterocycles. The molecule has 0 amide bonds. The van der Waals surface area contributed by atoms with E-state index in [0.29, 0.717) is 6.42 Å². The number of nitrogens with zero attached hydrogens (tertiary/aromatic N) is 2. The van der Waals surface area contributed by atoms with Crippen LogP contribution in [0, 0.1) is 10.6 Å². The summed E-state index contributed by atoms with van der Waals surface area (Å²) in [5.41, 5.74) is 1.99. The molecule has 0 unspecified atom stereocenters. The SMILES string of the molecule is CC1(C)C[C@H](C=NO)[N+]([O-])=C1CCc1ccccc1.